The Labute approximate surface area is 102 Å². The van der Waals surface area contributed by atoms with Crippen LogP contribution < -0.4 is 0 Å². The number of hydrogen-bond acceptors (Lipinski definition) is 1. The number of fused-ring (bicyclic) bond motifs is 1. The minimum atomic E-state index is 0.533. The van der Waals surface area contributed by atoms with E-state index < -0.39 is 0 Å². The fourth-order valence-corrected chi connectivity index (χ4v) is 2.69. The van der Waals surface area contributed by atoms with E-state index in [1.54, 1.807) is 0 Å². The maximum absolute atomic E-state index is 2.38. The van der Waals surface area contributed by atoms with E-state index in [0.717, 1.165) is 5.75 Å². The van der Waals surface area contributed by atoms with Gasteiger partial charge in [0.15, 0.2) is 0 Å². The van der Waals surface area contributed by atoms with E-state index in [4.69, 9.17) is 0 Å². The van der Waals surface area contributed by atoms with Crippen molar-refractivity contribution < 1.29 is 0 Å². The Morgan fingerprint density at radius 2 is 2.00 bits per heavy atom. The fraction of sp³-hybridized carbons (Fsp3) is 0.429. The van der Waals surface area contributed by atoms with Gasteiger partial charge in [-0.3, -0.25) is 0 Å². The number of rotatable bonds is 4. The van der Waals surface area contributed by atoms with Crippen LogP contribution in [0.2, 0.25) is 0 Å². The van der Waals surface area contributed by atoms with Gasteiger partial charge in [-0.15, -0.1) is 0 Å². The molecule has 0 N–H and O–H groups in total. The molecule has 86 valence electrons. The maximum Gasteiger partial charge on any atom is 0.0485 e. The van der Waals surface area contributed by atoms with Gasteiger partial charge in [0.25, 0.3) is 0 Å². The van der Waals surface area contributed by atoms with Crippen molar-refractivity contribution in [3.63, 3.8) is 0 Å². The third kappa shape index (κ3) is 2.12. The van der Waals surface area contributed by atoms with Gasteiger partial charge in [-0.05, 0) is 31.2 Å². The molecular formula is C14H19NS. The van der Waals surface area contributed by atoms with E-state index in [9.17, 15) is 0 Å². The molecule has 0 saturated carbocycles. The lowest BCUT2D eigenvalue weighted by Gasteiger charge is -2.08. The maximum atomic E-state index is 2.38. The number of thioether (sulfide) groups is 1. The average Bonchev–Trinajstić information content (AvgIpc) is 2.65. The van der Waals surface area contributed by atoms with E-state index in [1.165, 1.54) is 22.2 Å². The standard InChI is InChI=1S/C14H19NS/c1-4-16-10-12-9-15(11(2)3)14-8-6-5-7-13(12)14/h5-9,11H,4,10H2,1-3H3. The summed E-state index contributed by atoms with van der Waals surface area (Å²) < 4.78 is 2.38. The SMILES string of the molecule is CCSCc1cn(C(C)C)c2ccccc12. The number of benzene rings is 1. The van der Waals surface area contributed by atoms with Crippen LogP contribution in [0.25, 0.3) is 10.9 Å². The summed E-state index contributed by atoms with van der Waals surface area (Å²) in [5.74, 6) is 2.30. The van der Waals surface area contributed by atoms with Gasteiger partial charge in [-0.25, -0.2) is 0 Å². The summed E-state index contributed by atoms with van der Waals surface area (Å²) in [7, 11) is 0. The molecule has 1 aromatic heterocycles. The molecule has 0 amide bonds. The average molecular weight is 233 g/mol. The van der Waals surface area contributed by atoms with Crippen LogP contribution in [-0.2, 0) is 5.75 Å². The quantitative estimate of drug-likeness (QED) is 0.754. The van der Waals surface area contributed by atoms with Crippen molar-refractivity contribution in [2.45, 2.75) is 32.6 Å². The molecule has 2 rings (SSSR count). The first-order valence-corrected chi connectivity index (χ1v) is 7.05. The minimum Gasteiger partial charge on any atom is -0.345 e. The Hall–Kier alpha value is -0.890. The van der Waals surface area contributed by atoms with Crippen LogP contribution in [0.5, 0.6) is 0 Å². The Kier molecular flexibility index (Phi) is 3.59. The van der Waals surface area contributed by atoms with E-state index in [1.807, 2.05) is 11.8 Å². The van der Waals surface area contributed by atoms with Crippen molar-refractivity contribution in [2.24, 2.45) is 0 Å². The summed E-state index contributed by atoms with van der Waals surface area (Å²) in [5.41, 5.74) is 2.83. The van der Waals surface area contributed by atoms with Crippen LogP contribution in [0, 0.1) is 0 Å². The summed E-state index contributed by atoms with van der Waals surface area (Å²) in [6.07, 6.45) is 2.32. The molecule has 0 aliphatic heterocycles. The fourth-order valence-electron chi connectivity index (χ4n) is 2.03. The Morgan fingerprint density at radius 1 is 1.25 bits per heavy atom. The second kappa shape index (κ2) is 4.96. The molecule has 2 heteroatoms. The third-order valence-electron chi connectivity index (χ3n) is 2.84. The van der Waals surface area contributed by atoms with Gasteiger partial charge in [0.05, 0.1) is 0 Å². The highest BCUT2D eigenvalue weighted by atomic mass is 32.2. The summed E-state index contributed by atoms with van der Waals surface area (Å²) in [6, 6.07) is 9.24. The van der Waals surface area contributed by atoms with E-state index in [2.05, 4.69) is 55.8 Å². The van der Waals surface area contributed by atoms with Crippen LogP contribution in [0.3, 0.4) is 0 Å². The highest BCUT2D eigenvalue weighted by molar-refractivity contribution is 7.98. The summed E-state index contributed by atoms with van der Waals surface area (Å²) in [4.78, 5) is 0. The predicted molar refractivity (Wildman–Crippen MR) is 74.2 cm³/mol. The second-order valence-electron chi connectivity index (χ2n) is 4.31. The van der Waals surface area contributed by atoms with Gasteiger partial charge < -0.3 is 4.57 Å². The van der Waals surface area contributed by atoms with Gasteiger partial charge >= 0.3 is 0 Å². The molecule has 1 nitrogen and oxygen atoms in total. The van der Waals surface area contributed by atoms with Crippen molar-refractivity contribution in [1.82, 2.24) is 4.57 Å². The van der Waals surface area contributed by atoms with Crippen LogP contribution >= 0.6 is 11.8 Å². The molecule has 2 aromatic rings. The van der Waals surface area contributed by atoms with Crippen LogP contribution in [0.1, 0.15) is 32.4 Å². The molecular weight excluding hydrogens is 214 g/mol. The molecule has 1 heterocycles. The van der Waals surface area contributed by atoms with E-state index in [-0.39, 0.29) is 0 Å². The molecule has 0 atom stereocenters. The predicted octanol–water partition coefficient (Wildman–Crippen LogP) is 4.48. The zero-order valence-electron chi connectivity index (χ0n) is 10.2. The highest BCUT2D eigenvalue weighted by Crippen LogP contribution is 2.27. The van der Waals surface area contributed by atoms with E-state index >= 15 is 0 Å². The van der Waals surface area contributed by atoms with Gasteiger partial charge in [0.1, 0.15) is 0 Å². The Morgan fingerprint density at radius 3 is 2.69 bits per heavy atom. The van der Waals surface area contributed by atoms with Gasteiger partial charge in [-0.1, -0.05) is 25.1 Å². The first-order valence-electron chi connectivity index (χ1n) is 5.90. The minimum absolute atomic E-state index is 0.533. The molecule has 0 spiro atoms. The van der Waals surface area contributed by atoms with Crippen LogP contribution in [0.4, 0.5) is 0 Å². The second-order valence-corrected chi connectivity index (χ2v) is 5.58. The molecule has 16 heavy (non-hydrogen) atoms. The lowest BCUT2D eigenvalue weighted by molar-refractivity contribution is 0.622. The highest BCUT2D eigenvalue weighted by Gasteiger charge is 2.09. The Balaban J connectivity index is 2.49. The first-order chi connectivity index (χ1) is 7.74. The van der Waals surface area contributed by atoms with E-state index in [0.29, 0.717) is 6.04 Å². The van der Waals surface area contributed by atoms with Crippen molar-refractivity contribution in [1.29, 1.82) is 0 Å². The number of hydrogen-bond donors (Lipinski definition) is 0. The first kappa shape index (κ1) is 11.6. The van der Waals surface area contributed by atoms with Crippen LogP contribution in [0.15, 0.2) is 30.5 Å². The van der Waals surface area contributed by atoms with Crippen molar-refractivity contribution in [3.05, 3.63) is 36.0 Å². The number of aromatic nitrogens is 1. The number of para-hydroxylation sites is 1. The van der Waals surface area contributed by atoms with Crippen molar-refractivity contribution >= 4 is 22.7 Å². The topological polar surface area (TPSA) is 4.93 Å². The van der Waals surface area contributed by atoms with Crippen molar-refractivity contribution in [3.8, 4) is 0 Å². The zero-order valence-corrected chi connectivity index (χ0v) is 11.1. The van der Waals surface area contributed by atoms with Gasteiger partial charge in [0, 0.05) is 28.9 Å². The molecule has 0 unspecified atom stereocenters. The summed E-state index contributed by atoms with van der Waals surface area (Å²) in [5, 5.41) is 1.41. The van der Waals surface area contributed by atoms with Crippen LogP contribution in [-0.4, -0.2) is 10.3 Å². The molecule has 1 aromatic carbocycles. The number of nitrogens with zero attached hydrogens (tertiary/aromatic N) is 1. The lowest BCUT2D eigenvalue weighted by Crippen LogP contribution is -1.97. The third-order valence-corrected chi connectivity index (χ3v) is 3.76. The molecule has 0 saturated heterocycles. The smallest absolute Gasteiger partial charge is 0.0485 e. The zero-order chi connectivity index (χ0) is 11.5. The Bertz CT molecular complexity index is 471. The molecule has 0 aliphatic rings. The largest absolute Gasteiger partial charge is 0.345 e. The summed E-state index contributed by atoms with van der Waals surface area (Å²) >= 11 is 1.99. The summed E-state index contributed by atoms with van der Waals surface area (Å²) in [6.45, 7) is 6.69. The van der Waals surface area contributed by atoms with Gasteiger partial charge in [-0.2, -0.15) is 11.8 Å². The normalized spacial score (nSPS) is 11.5. The van der Waals surface area contributed by atoms with Gasteiger partial charge in [0.2, 0.25) is 0 Å². The monoisotopic (exact) mass is 233 g/mol. The molecule has 0 bridgehead atoms. The van der Waals surface area contributed by atoms with Crippen molar-refractivity contribution in [2.75, 3.05) is 5.75 Å². The lowest BCUT2D eigenvalue weighted by atomic mass is 10.2. The molecule has 0 aliphatic carbocycles. The molecule has 0 fully saturated rings. The molecule has 0 radical (unpaired) electrons.